The molecule has 8 nitrogen and oxygen atoms in total. The first-order valence-electron chi connectivity index (χ1n) is 12.1. The number of ketones is 1. The number of amides is 1. The minimum atomic E-state index is -1.25. The molecule has 2 aromatic carbocycles. The fraction of sp³-hybridized carbons (Fsp3) is 0.296. The van der Waals surface area contributed by atoms with E-state index in [4.69, 9.17) is 10.4 Å². The van der Waals surface area contributed by atoms with Crippen LogP contribution in [0.15, 0.2) is 60.8 Å². The summed E-state index contributed by atoms with van der Waals surface area (Å²) in [5.41, 5.74) is 11.3. The summed E-state index contributed by atoms with van der Waals surface area (Å²) in [6, 6.07) is 16.6. The van der Waals surface area contributed by atoms with Crippen LogP contribution in [-0.2, 0) is 24.2 Å². The molecule has 1 aromatic heterocycles. The highest BCUT2D eigenvalue weighted by atomic mass is 16.5. The van der Waals surface area contributed by atoms with Crippen molar-refractivity contribution >= 4 is 18.8 Å². The summed E-state index contributed by atoms with van der Waals surface area (Å²) < 4.78 is 5.60. The molecule has 0 bridgehead atoms. The molecular formula is C27H31BN4O4. The van der Waals surface area contributed by atoms with Gasteiger partial charge < -0.3 is 26.0 Å². The highest BCUT2D eigenvalue weighted by molar-refractivity contribution is 6.47. The van der Waals surface area contributed by atoms with Gasteiger partial charge in [0, 0.05) is 12.7 Å². The largest absolute Gasteiger partial charge is 0.547 e. The first kappa shape index (κ1) is 25.6. The van der Waals surface area contributed by atoms with Gasteiger partial charge in [-0.2, -0.15) is 0 Å². The molecule has 36 heavy (non-hydrogen) atoms. The maximum absolute atomic E-state index is 12.7. The van der Waals surface area contributed by atoms with Crippen molar-refractivity contribution in [3.05, 3.63) is 94.3 Å². The van der Waals surface area contributed by atoms with E-state index in [1.165, 1.54) is 6.92 Å². The number of pyridine rings is 1. The van der Waals surface area contributed by atoms with Gasteiger partial charge in [0.25, 0.3) is 0 Å². The van der Waals surface area contributed by atoms with Crippen molar-refractivity contribution in [1.29, 1.82) is 0 Å². The summed E-state index contributed by atoms with van der Waals surface area (Å²) in [5, 5.41) is 16.6. The number of nitrogens with zero attached hydrogens (tertiary/aromatic N) is 1. The Morgan fingerprint density at radius 1 is 1.19 bits per heavy atom. The predicted octanol–water partition coefficient (Wildman–Crippen LogP) is 2.12. The van der Waals surface area contributed by atoms with E-state index in [-0.39, 0.29) is 24.2 Å². The van der Waals surface area contributed by atoms with Crippen LogP contribution in [0.2, 0.25) is 0 Å². The number of carbonyl (C=O) groups excluding carboxylic acids is 2. The van der Waals surface area contributed by atoms with Gasteiger partial charge in [0.05, 0.1) is 29.7 Å². The van der Waals surface area contributed by atoms with E-state index < -0.39 is 13.1 Å². The molecule has 0 aliphatic carbocycles. The maximum Gasteiger partial charge on any atom is 0.547 e. The fourth-order valence-electron chi connectivity index (χ4n) is 4.41. The molecule has 1 aliphatic heterocycles. The lowest BCUT2D eigenvalue weighted by atomic mass is 9.72. The van der Waals surface area contributed by atoms with E-state index in [1.807, 2.05) is 36.4 Å². The summed E-state index contributed by atoms with van der Waals surface area (Å²) in [6.07, 6.45) is 2.12. The number of para-hydroxylation sites is 1. The zero-order valence-corrected chi connectivity index (χ0v) is 20.5. The van der Waals surface area contributed by atoms with Crippen molar-refractivity contribution in [3.63, 3.8) is 0 Å². The maximum atomic E-state index is 12.7. The summed E-state index contributed by atoms with van der Waals surface area (Å²) in [5.74, 6) is -0.644. The van der Waals surface area contributed by atoms with E-state index in [1.54, 1.807) is 18.3 Å². The number of benzene rings is 2. The molecule has 1 unspecified atom stereocenters. The fourth-order valence-corrected chi connectivity index (χ4v) is 4.41. The molecule has 5 N–H and O–H groups in total. The Morgan fingerprint density at radius 2 is 2.00 bits per heavy atom. The summed E-state index contributed by atoms with van der Waals surface area (Å²) >= 11 is 0. The quantitative estimate of drug-likeness (QED) is 0.270. The van der Waals surface area contributed by atoms with Gasteiger partial charge in [-0.25, -0.2) is 0 Å². The van der Waals surface area contributed by atoms with Crippen molar-refractivity contribution in [2.45, 2.75) is 45.2 Å². The first-order valence-corrected chi connectivity index (χ1v) is 12.1. The number of hydrogen-bond donors (Lipinski definition) is 4. The van der Waals surface area contributed by atoms with Gasteiger partial charge in [-0.05, 0) is 54.3 Å². The molecule has 2 atom stereocenters. The van der Waals surface area contributed by atoms with Gasteiger partial charge in [0.15, 0.2) is 5.78 Å². The lowest BCUT2D eigenvalue weighted by Gasteiger charge is -2.29. The Kier molecular flexibility index (Phi) is 8.15. The van der Waals surface area contributed by atoms with Gasteiger partial charge in [0.1, 0.15) is 5.75 Å². The van der Waals surface area contributed by atoms with Crippen LogP contribution in [0, 0.1) is 0 Å². The monoisotopic (exact) mass is 486 g/mol. The van der Waals surface area contributed by atoms with Crippen LogP contribution in [0.4, 0.5) is 0 Å². The van der Waals surface area contributed by atoms with Crippen LogP contribution in [0.3, 0.4) is 0 Å². The lowest BCUT2D eigenvalue weighted by molar-refractivity contribution is -0.120. The van der Waals surface area contributed by atoms with Gasteiger partial charge >= 0.3 is 7.12 Å². The SMILES string of the molecule is CCNCc1ccccc1C(N)c1ccc(CC(=O)N[C@H]2Cc3cccc(C(C)=O)c3OB2O)cn1. The molecule has 0 saturated heterocycles. The van der Waals surface area contributed by atoms with Crippen LogP contribution in [0.5, 0.6) is 5.75 Å². The molecule has 3 aromatic rings. The normalized spacial score (nSPS) is 15.6. The first-order chi connectivity index (χ1) is 17.4. The number of aromatic nitrogens is 1. The zero-order valence-electron chi connectivity index (χ0n) is 20.5. The number of fused-ring (bicyclic) bond motifs is 1. The third-order valence-corrected chi connectivity index (χ3v) is 6.33. The minimum absolute atomic E-state index is 0.100. The highest BCUT2D eigenvalue weighted by Gasteiger charge is 2.37. The summed E-state index contributed by atoms with van der Waals surface area (Å²) in [6.45, 7) is 5.11. The van der Waals surface area contributed by atoms with E-state index >= 15 is 0 Å². The van der Waals surface area contributed by atoms with Crippen molar-refractivity contribution in [1.82, 2.24) is 15.6 Å². The average Bonchev–Trinajstić information content (AvgIpc) is 2.87. The molecule has 2 heterocycles. The second-order valence-corrected chi connectivity index (χ2v) is 8.96. The van der Waals surface area contributed by atoms with Crippen molar-refractivity contribution in [2.75, 3.05) is 6.54 Å². The van der Waals surface area contributed by atoms with Crippen LogP contribution >= 0.6 is 0 Å². The molecular weight excluding hydrogens is 455 g/mol. The van der Waals surface area contributed by atoms with Crippen LogP contribution in [0.25, 0.3) is 0 Å². The highest BCUT2D eigenvalue weighted by Crippen LogP contribution is 2.30. The van der Waals surface area contributed by atoms with E-state index in [2.05, 4.69) is 28.6 Å². The van der Waals surface area contributed by atoms with Crippen LogP contribution < -0.4 is 21.0 Å². The van der Waals surface area contributed by atoms with E-state index in [0.29, 0.717) is 17.7 Å². The molecule has 0 radical (unpaired) electrons. The molecule has 9 heteroatoms. The predicted molar refractivity (Wildman–Crippen MR) is 138 cm³/mol. The number of nitrogens with one attached hydrogen (secondary N) is 2. The average molecular weight is 486 g/mol. The second kappa shape index (κ2) is 11.5. The van der Waals surface area contributed by atoms with Gasteiger partial charge in [0.2, 0.25) is 5.91 Å². The lowest BCUT2D eigenvalue weighted by Crippen LogP contribution is -2.53. The second-order valence-electron chi connectivity index (χ2n) is 8.96. The zero-order chi connectivity index (χ0) is 25.7. The third kappa shape index (κ3) is 5.82. The Hall–Kier alpha value is -3.53. The Bertz CT molecular complexity index is 1230. The molecule has 1 amide bonds. The Labute approximate surface area is 211 Å². The molecule has 0 saturated carbocycles. The standard InChI is InChI=1S/C27H31BN4O4/c1-3-30-16-20-7-4-5-9-22(20)26(29)23-12-11-18(15-31-23)13-25(34)32-24-14-19-8-6-10-21(17(2)33)27(19)36-28(24)35/h4-12,15,24,26,30,35H,3,13-14,16,29H2,1-2H3,(H,32,34)/t24-,26?/m0/s1. The Balaban J connectivity index is 1.39. The van der Waals surface area contributed by atoms with Crippen molar-refractivity contribution < 1.29 is 19.3 Å². The molecule has 4 rings (SSSR count). The molecule has 1 aliphatic rings. The van der Waals surface area contributed by atoms with Gasteiger partial charge in [-0.15, -0.1) is 0 Å². The van der Waals surface area contributed by atoms with E-state index in [0.717, 1.165) is 41.0 Å². The number of carbonyl (C=O) groups is 2. The van der Waals surface area contributed by atoms with Crippen molar-refractivity contribution in [3.8, 4) is 5.75 Å². The summed E-state index contributed by atoms with van der Waals surface area (Å²) in [4.78, 5) is 29.1. The Morgan fingerprint density at radius 3 is 2.72 bits per heavy atom. The molecule has 0 spiro atoms. The molecule has 0 fully saturated rings. The van der Waals surface area contributed by atoms with E-state index in [9.17, 15) is 14.6 Å². The third-order valence-electron chi connectivity index (χ3n) is 6.33. The number of nitrogens with two attached hydrogens (primary N) is 1. The van der Waals surface area contributed by atoms with Crippen molar-refractivity contribution in [2.24, 2.45) is 5.73 Å². The number of rotatable bonds is 9. The van der Waals surface area contributed by atoms with Crippen LogP contribution in [-0.4, -0.2) is 41.3 Å². The number of hydrogen-bond acceptors (Lipinski definition) is 7. The smallest absolute Gasteiger partial charge is 0.534 e. The molecule has 186 valence electrons. The van der Waals surface area contributed by atoms with Crippen LogP contribution in [0.1, 0.15) is 58.2 Å². The minimum Gasteiger partial charge on any atom is -0.534 e. The van der Waals surface area contributed by atoms with Gasteiger partial charge in [-0.3, -0.25) is 14.6 Å². The van der Waals surface area contributed by atoms with Gasteiger partial charge in [-0.1, -0.05) is 49.4 Å². The summed E-state index contributed by atoms with van der Waals surface area (Å²) in [7, 11) is -1.25. The topological polar surface area (TPSA) is 127 Å². The number of Topliss-reactive ketones (excluding diaryl/α,β-unsaturated/α-hetero) is 1.